The lowest BCUT2D eigenvalue weighted by Gasteiger charge is -2.06. The van der Waals surface area contributed by atoms with Crippen LogP contribution in [0.25, 0.3) is 11.3 Å². The normalized spacial score (nSPS) is 10.5. The number of carboxylic acids is 1. The topological polar surface area (TPSA) is 92.4 Å². The summed E-state index contributed by atoms with van der Waals surface area (Å²) in [6, 6.07) is 3.83. The molecule has 0 aliphatic carbocycles. The van der Waals surface area contributed by atoms with Crippen LogP contribution >= 0.6 is 0 Å². The van der Waals surface area contributed by atoms with Crippen molar-refractivity contribution in [1.29, 1.82) is 0 Å². The number of nitrogens with one attached hydrogen (secondary N) is 1. The number of aromatic nitrogens is 1. The largest absolute Gasteiger partial charge is 0.481 e. The molecular formula is C15H15FN2O4. The van der Waals surface area contributed by atoms with Gasteiger partial charge in [-0.2, -0.15) is 0 Å². The number of aryl methyl sites for hydroxylation is 1. The number of rotatable bonds is 6. The van der Waals surface area contributed by atoms with Crippen LogP contribution in [0.4, 0.5) is 4.39 Å². The first kappa shape index (κ1) is 15.7. The Balaban J connectivity index is 2.23. The zero-order chi connectivity index (χ0) is 16.1. The van der Waals surface area contributed by atoms with Crippen LogP contribution in [0.1, 0.15) is 29.3 Å². The zero-order valence-corrected chi connectivity index (χ0v) is 11.9. The van der Waals surface area contributed by atoms with Crippen LogP contribution in [0.3, 0.4) is 0 Å². The van der Waals surface area contributed by atoms with E-state index in [4.69, 9.17) is 9.63 Å². The number of halogens is 1. The summed E-state index contributed by atoms with van der Waals surface area (Å²) < 4.78 is 18.8. The Morgan fingerprint density at radius 3 is 2.82 bits per heavy atom. The van der Waals surface area contributed by atoms with Crippen LogP contribution in [0, 0.1) is 5.82 Å². The minimum absolute atomic E-state index is 0.0253. The summed E-state index contributed by atoms with van der Waals surface area (Å²) in [6.07, 6.45) is 2.01. The lowest BCUT2D eigenvalue weighted by molar-refractivity contribution is -0.136. The Kier molecular flexibility index (Phi) is 4.88. The van der Waals surface area contributed by atoms with E-state index in [1.165, 1.54) is 12.1 Å². The molecule has 0 saturated carbocycles. The van der Waals surface area contributed by atoms with Crippen LogP contribution in [0.15, 0.2) is 28.9 Å². The Hall–Kier alpha value is -2.70. The Labute approximate surface area is 125 Å². The predicted molar refractivity (Wildman–Crippen MR) is 75.9 cm³/mol. The maximum atomic E-state index is 13.7. The first-order valence-electron chi connectivity index (χ1n) is 6.75. The summed E-state index contributed by atoms with van der Waals surface area (Å²) in [4.78, 5) is 22.4. The van der Waals surface area contributed by atoms with Gasteiger partial charge in [-0.15, -0.1) is 0 Å². The molecule has 6 nitrogen and oxygen atoms in total. The number of hydrogen-bond donors (Lipinski definition) is 2. The molecule has 7 heteroatoms. The molecule has 2 rings (SSSR count). The van der Waals surface area contributed by atoms with Gasteiger partial charge in [-0.25, -0.2) is 4.39 Å². The van der Waals surface area contributed by atoms with E-state index in [9.17, 15) is 14.0 Å². The van der Waals surface area contributed by atoms with Crippen molar-refractivity contribution in [2.24, 2.45) is 0 Å². The molecule has 0 aliphatic rings. The van der Waals surface area contributed by atoms with Gasteiger partial charge in [-0.3, -0.25) is 9.59 Å². The number of hydrogen-bond acceptors (Lipinski definition) is 4. The SMILES string of the molecule is CCc1cnoc1-c1cc(F)cc(C(=O)NCCC(=O)O)c1. The number of benzene rings is 1. The van der Waals surface area contributed by atoms with Crippen molar-refractivity contribution < 1.29 is 23.6 Å². The molecular weight excluding hydrogens is 291 g/mol. The average molecular weight is 306 g/mol. The number of carbonyl (C=O) groups excluding carboxylic acids is 1. The maximum Gasteiger partial charge on any atom is 0.305 e. The van der Waals surface area contributed by atoms with Crippen molar-refractivity contribution in [2.75, 3.05) is 6.54 Å². The van der Waals surface area contributed by atoms with Gasteiger partial charge in [0.1, 0.15) is 5.82 Å². The van der Waals surface area contributed by atoms with Gasteiger partial charge in [-0.1, -0.05) is 12.1 Å². The molecule has 22 heavy (non-hydrogen) atoms. The third-order valence-electron chi connectivity index (χ3n) is 3.07. The third kappa shape index (κ3) is 3.69. The molecule has 0 bridgehead atoms. The monoisotopic (exact) mass is 306 g/mol. The fourth-order valence-corrected chi connectivity index (χ4v) is 1.99. The van der Waals surface area contributed by atoms with E-state index in [2.05, 4.69) is 10.5 Å². The fraction of sp³-hybridized carbons (Fsp3) is 0.267. The van der Waals surface area contributed by atoms with Crippen LogP contribution in [0.5, 0.6) is 0 Å². The number of amides is 1. The predicted octanol–water partition coefficient (Wildman–Crippen LogP) is 2.25. The molecule has 2 N–H and O–H groups in total. The van der Waals surface area contributed by atoms with E-state index in [0.717, 1.165) is 11.6 Å². The number of carbonyl (C=O) groups is 2. The van der Waals surface area contributed by atoms with E-state index < -0.39 is 17.7 Å². The second-order valence-corrected chi connectivity index (χ2v) is 4.66. The highest BCUT2D eigenvalue weighted by molar-refractivity contribution is 5.95. The van der Waals surface area contributed by atoms with Gasteiger partial charge in [0.2, 0.25) is 0 Å². The highest BCUT2D eigenvalue weighted by Crippen LogP contribution is 2.26. The molecule has 0 aliphatic heterocycles. The summed E-state index contributed by atoms with van der Waals surface area (Å²) in [5, 5.41) is 14.6. The van der Waals surface area contributed by atoms with Gasteiger partial charge in [-0.05, 0) is 24.6 Å². The number of aliphatic carboxylic acids is 1. The minimum Gasteiger partial charge on any atom is -0.481 e. The number of carboxylic acid groups (broad SMARTS) is 1. The standard InChI is InChI=1S/C15H15FN2O4/c1-2-9-8-18-22-14(9)10-5-11(7-12(16)6-10)15(21)17-4-3-13(19)20/h5-8H,2-4H2,1H3,(H,17,21)(H,19,20). The smallest absolute Gasteiger partial charge is 0.305 e. The van der Waals surface area contributed by atoms with Crippen molar-refractivity contribution in [1.82, 2.24) is 10.5 Å². The molecule has 0 fully saturated rings. The van der Waals surface area contributed by atoms with E-state index in [-0.39, 0.29) is 18.5 Å². The van der Waals surface area contributed by atoms with Gasteiger partial charge in [0, 0.05) is 23.2 Å². The summed E-state index contributed by atoms with van der Waals surface area (Å²) in [7, 11) is 0. The van der Waals surface area contributed by atoms with Gasteiger partial charge in [0.15, 0.2) is 5.76 Å². The van der Waals surface area contributed by atoms with E-state index >= 15 is 0 Å². The maximum absolute atomic E-state index is 13.7. The molecule has 0 spiro atoms. The van der Waals surface area contributed by atoms with Crippen molar-refractivity contribution in [3.63, 3.8) is 0 Å². The molecule has 1 aromatic heterocycles. The third-order valence-corrected chi connectivity index (χ3v) is 3.07. The molecule has 1 heterocycles. The molecule has 0 saturated heterocycles. The molecule has 1 aromatic carbocycles. The Bertz CT molecular complexity index is 697. The van der Waals surface area contributed by atoms with Crippen molar-refractivity contribution in [3.05, 3.63) is 41.3 Å². The molecule has 0 unspecified atom stereocenters. The summed E-state index contributed by atoms with van der Waals surface area (Å²) in [5.41, 5.74) is 1.32. The highest BCUT2D eigenvalue weighted by atomic mass is 19.1. The second kappa shape index (κ2) is 6.84. The average Bonchev–Trinajstić information content (AvgIpc) is 2.94. The van der Waals surface area contributed by atoms with Crippen LogP contribution in [0.2, 0.25) is 0 Å². The van der Waals surface area contributed by atoms with Gasteiger partial charge in [0.25, 0.3) is 5.91 Å². The van der Waals surface area contributed by atoms with E-state index in [0.29, 0.717) is 17.7 Å². The zero-order valence-electron chi connectivity index (χ0n) is 11.9. The lowest BCUT2D eigenvalue weighted by atomic mass is 10.0. The quantitative estimate of drug-likeness (QED) is 0.854. The Morgan fingerprint density at radius 2 is 2.14 bits per heavy atom. The molecule has 0 atom stereocenters. The second-order valence-electron chi connectivity index (χ2n) is 4.66. The first-order valence-corrected chi connectivity index (χ1v) is 6.75. The van der Waals surface area contributed by atoms with Crippen LogP contribution < -0.4 is 5.32 Å². The Morgan fingerprint density at radius 1 is 1.36 bits per heavy atom. The lowest BCUT2D eigenvalue weighted by Crippen LogP contribution is -2.26. The van der Waals surface area contributed by atoms with Crippen LogP contribution in [-0.4, -0.2) is 28.7 Å². The minimum atomic E-state index is -1.02. The summed E-state index contributed by atoms with van der Waals surface area (Å²) in [6.45, 7) is 1.89. The fourth-order valence-electron chi connectivity index (χ4n) is 1.99. The van der Waals surface area contributed by atoms with Gasteiger partial charge < -0.3 is 14.9 Å². The van der Waals surface area contributed by atoms with E-state index in [1.54, 1.807) is 6.20 Å². The highest BCUT2D eigenvalue weighted by Gasteiger charge is 2.14. The molecule has 2 aromatic rings. The van der Waals surface area contributed by atoms with Crippen molar-refractivity contribution in [2.45, 2.75) is 19.8 Å². The van der Waals surface area contributed by atoms with Crippen LogP contribution in [-0.2, 0) is 11.2 Å². The van der Waals surface area contributed by atoms with Crippen molar-refractivity contribution >= 4 is 11.9 Å². The first-order chi connectivity index (χ1) is 10.5. The molecule has 116 valence electrons. The summed E-state index contributed by atoms with van der Waals surface area (Å²) in [5.74, 6) is -1.73. The van der Waals surface area contributed by atoms with E-state index in [1.807, 2.05) is 6.92 Å². The van der Waals surface area contributed by atoms with Gasteiger partial charge >= 0.3 is 5.97 Å². The number of nitrogens with zero attached hydrogens (tertiary/aromatic N) is 1. The molecule has 0 radical (unpaired) electrons. The van der Waals surface area contributed by atoms with Gasteiger partial charge in [0.05, 0.1) is 12.6 Å². The molecule has 1 amide bonds. The van der Waals surface area contributed by atoms with Crippen molar-refractivity contribution in [3.8, 4) is 11.3 Å². The summed E-state index contributed by atoms with van der Waals surface area (Å²) >= 11 is 0.